The van der Waals surface area contributed by atoms with E-state index in [0.29, 0.717) is 17.9 Å². The fourth-order valence-corrected chi connectivity index (χ4v) is 2.50. The normalized spacial score (nSPS) is 34.8. The quantitative estimate of drug-likeness (QED) is 0.348. The lowest BCUT2D eigenvalue weighted by Gasteiger charge is -2.14. The van der Waals surface area contributed by atoms with E-state index in [-0.39, 0.29) is 0 Å². The number of ether oxygens (including phenoxy) is 1. The summed E-state index contributed by atoms with van der Waals surface area (Å²) in [6, 6.07) is -0.895. The fraction of sp³-hybridized carbons (Fsp3) is 0.889. The summed E-state index contributed by atoms with van der Waals surface area (Å²) in [6.07, 6.45) is -4.11. The molecular formula is C9H17NO6S. The predicted octanol–water partition coefficient (Wildman–Crippen LogP) is -2.04. The SMILES string of the molecule is N[C@@H](CCSC[C@H]1O[C@@H](O)C(O)C1O)C(=O)O. The van der Waals surface area contributed by atoms with Crippen molar-refractivity contribution in [3.05, 3.63) is 0 Å². The van der Waals surface area contributed by atoms with Crippen LogP contribution in [0.1, 0.15) is 6.42 Å². The smallest absolute Gasteiger partial charge is 0.320 e. The van der Waals surface area contributed by atoms with Crippen molar-refractivity contribution < 1.29 is 30.0 Å². The van der Waals surface area contributed by atoms with Crippen molar-refractivity contribution in [2.45, 2.75) is 37.1 Å². The van der Waals surface area contributed by atoms with E-state index in [1.54, 1.807) is 0 Å². The third kappa shape index (κ3) is 4.09. The van der Waals surface area contributed by atoms with Gasteiger partial charge in [-0.15, -0.1) is 0 Å². The van der Waals surface area contributed by atoms with E-state index in [1.807, 2.05) is 0 Å². The van der Waals surface area contributed by atoms with Crippen LogP contribution in [0, 0.1) is 0 Å². The first kappa shape index (κ1) is 14.7. The maximum absolute atomic E-state index is 10.4. The first-order valence-corrected chi connectivity index (χ1v) is 6.34. The van der Waals surface area contributed by atoms with E-state index in [9.17, 15) is 15.0 Å². The molecule has 1 aliphatic rings. The zero-order valence-electron chi connectivity index (χ0n) is 9.10. The summed E-state index contributed by atoms with van der Waals surface area (Å²) in [6.45, 7) is 0. The van der Waals surface area contributed by atoms with Crippen LogP contribution < -0.4 is 5.73 Å². The molecule has 6 N–H and O–H groups in total. The zero-order chi connectivity index (χ0) is 13.0. The molecular weight excluding hydrogens is 250 g/mol. The molecule has 100 valence electrons. The van der Waals surface area contributed by atoms with Gasteiger partial charge in [-0.3, -0.25) is 4.79 Å². The Morgan fingerprint density at radius 2 is 2.00 bits per heavy atom. The molecule has 1 heterocycles. The minimum atomic E-state index is -1.36. The molecule has 1 saturated heterocycles. The van der Waals surface area contributed by atoms with Crippen LogP contribution in [0.15, 0.2) is 0 Å². The van der Waals surface area contributed by atoms with Gasteiger partial charge in [0, 0.05) is 5.75 Å². The van der Waals surface area contributed by atoms with E-state index in [0.717, 1.165) is 0 Å². The second kappa shape index (κ2) is 6.53. The average molecular weight is 267 g/mol. The lowest BCUT2D eigenvalue weighted by atomic mass is 10.2. The van der Waals surface area contributed by atoms with Crippen molar-refractivity contribution in [3.63, 3.8) is 0 Å². The molecule has 0 bridgehead atoms. The number of thioether (sulfide) groups is 1. The Morgan fingerprint density at radius 1 is 1.35 bits per heavy atom. The third-order valence-electron chi connectivity index (χ3n) is 2.51. The van der Waals surface area contributed by atoms with Gasteiger partial charge in [-0.2, -0.15) is 11.8 Å². The molecule has 1 rings (SSSR count). The number of aliphatic hydroxyl groups is 3. The third-order valence-corrected chi connectivity index (χ3v) is 3.60. The topological polar surface area (TPSA) is 133 Å². The molecule has 0 saturated carbocycles. The summed E-state index contributed by atoms with van der Waals surface area (Å²) in [7, 11) is 0. The number of hydrogen-bond acceptors (Lipinski definition) is 7. The summed E-state index contributed by atoms with van der Waals surface area (Å²) in [5.41, 5.74) is 5.31. The molecule has 0 amide bonds. The van der Waals surface area contributed by atoms with Gasteiger partial charge in [0.05, 0.1) is 6.10 Å². The number of aliphatic carboxylic acids is 1. The first-order valence-electron chi connectivity index (χ1n) is 5.19. The Bertz CT molecular complexity index is 266. The second-order valence-corrected chi connectivity index (χ2v) is 5.00. The molecule has 0 spiro atoms. The minimum Gasteiger partial charge on any atom is -0.480 e. The summed E-state index contributed by atoms with van der Waals surface area (Å²) in [5.74, 6) is -0.179. The van der Waals surface area contributed by atoms with E-state index >= 15 is 0 Å². The highest BCUT2D eigenvalue weighted by atomic mass is 32.2. The van der Waals surface area contributed by atoms with E-state index in [1.165, 1.54) is 11.8 Å². The number of rotatable bonds is 6. The summed E-state index contributed by atoms with van der Waals surface area (Å²) >= 11 is 1.35. The fourth-order valence-electron chi connectivity index (χ4n) is 1.40. The van der Waals surface area contributed by atoms with Crippen LogP contribution in [-0.4, -0.2) is 68.5 Å². The van der Waals surface area contributed by atoms with Crippen LogP contribution in [0.25, 0.3) is 0 Å². The zero-order valence-corrected chi connectivity index (χ0v) is 9.92. The summed E-state index contributed by atoms with van der Waals surface area (Å²) < 4.78 is 4.93. The Labute approximate surface area is 103 Å². The van der Waals surface area contributed by atoms with Gasteiger partial charge >= 0.3 is 5.97 Å². The van der Waals surface area contributed by atoms with Gasteiger partial charge in [0.15, 0.2) is 6.29 Å². The molecule has 0 aromatic carbocycles. The van der Waals surface area contributed by atoms with E-state index in [4.69, 9.17) is 20.7 Å². The van der Waals surface area contributed by atoms with Gasteiger partial charge in [0.25, 0.3) is 0 Å². The number of carbonyl (C=O) groups is 1. The molecule has 0 aliphatic carbocycles. The Morgan fingerprint density at radius 3 is 2.47 bits per heavy atom. The molecule has 5 atom stereocenters. The predicted molar refractivity (Wildman–Crippen MR) is 60.4 cm³/mol. The molecule has 1 fully saturated rings. The highest BCUT2D eigenvalue weighted by molar-refractivity contribution is 7.99. The standard InChI is InChI=1S/C9H17NO6S/c10-4(8(13)14)1-2-17-3-5-6(11)7(12)9(15)16-5/h4-7,9,11-12,15H,1-3,10H2,(H,13,14)/t4-,5+,6?,7?,9+/m0/s1. The summed E-state index contributed by atoms with van der Waals surface area (Å²) in [4.78, 5) is 10.4. The lowest BCUT2D eigenvalue weighted by molar-refractivity contribution is -0.138. The molecule has 1 aliphatic heterocycles. The Balaban J connectivity index is 2.17. The van der Waals surface area contributed by atoms with Gasteiger partial charge < -0.3 is 30.9 Å². The molecule has 0 aromatic rings. The number of carboxylic acids is 1. The van der Waals surface area contributed by atoms with Gasteiger partial charge in [0.1, 0.15) is 18.2 Å². The van der Waals surface area contributed by atoms with Crippen molar-refractivity contribution in [1.29, 1.82) is 0 Å². The van der Waals surface area contributed by atoms with Crippen molar-refractivity contribution in [3.8, 4) is 0 Å². The lowest BCUT2D eigenvalue weighted by Crippen LogP contribution is -2.33. The molecule has 0 aromatic heterocycles. The largest absolute Gasteiger partial charge is 0.480 e. The van der Waals surface area contributed by atoms with Crippen molar-refractivity contribution >= 4 is 17.7 Å². The first-order chi connectivity index (χ1) is 7.93. The Kier molecular flexibility index (Phi) is 5.63. The average Bonchev–Trinajstić information content (AvgIpc) is 2.52. The van der Waals surface area contributed by atoms with Crippen LogP contribution >= 0.6 is 11.8 Å². The maximum atomic E-state index is 10.4. The number of nitrogens with two attached hydrogens (primary N) is 1. The van der Waals surface area contributed by atoms with Gasteiger partial charge in [-0.05, 0) is 12.2 Å². The molecule has 17 heavy (non-hydrogen) atoms. The van der Waals surface area contributed by atoms with Gasteiger partial charge in [-0.1, -0.05) is 0 Å². The van der Waals surface area contributed by atoms with Crippen molar-refractivity contribution in [1.82, 2.24) is 0 Å². The van der Waals surface area contributed by atoms with Crippen LogP contribution in [0.5, 0.6) is 0 Å². The highest BCUT2D eigenvalue weighted by Crippen LogP contribution is 2.23. The molecule has 0 radical (unpaired) electrons. The van der Waals surface area contributed by atoms with E-state index in [2.05, 4.69) is 0 Å². The maximum Gasteiger partial charge on any atom is 0.320 e. The second-order valence-electron chi connectivity index (χ2n) is 3.85. The van der Waals surface area contributed by atoms with Crippen LogP contribution in [-0.2, 0) is 9.53 Å². The monoisotopic (exact) mass is 267 g/mol. The molecule has 2 unspecified atom stereocenters. The van der Waals surface area contributed by atoms with Gasteiger partial charge in [0.2, 0.25) is 0 Å². The number of carboxylic acid groups (broad SMARTS) is 1. The van der Waals surface area contributed by atoms with Crippen molar-refractivity contribution in [2.24, 2.45) is 5.73 Å². The van der Waals surface area contributed by atoms with Crippen LogP contribution in [0.3, 0.4) is 0 Å². The van der Waals surface area contributed by atoms with Crippen molar-refractivity contribution in [2.75, 3.05) is 11.5 Å². The molecule has 7 nitrogen and oxygen atoms in total. The highest BCUT2D eigenvalue weighted by Gasteiger charge is 2.41. The minimum absolute atomic E-state index is 0.313. The van der Waals surface area contributed by atoms with Crippen LogP contribution in [0.2, 0.25) is 0 Å². The summed E-state index contributed by atoms with van der Waals surface area (Å²) in [5, 5.41) is 36.3. The van der Waals surface area contributed by atoms with E-state index < -0.39 is 36.6 Å². The number of aliphatic hydroxyl groups excluding tert-OH is 3. The Hall–Kier alpha value is -0.380. The van der Waals surface area contributed by atoms with Gasteiger partial charge in [-0.25, -0.2) is 0 Å². The van der Waals surface area contributed by atoms with Crippen LogP contribution in [0.4, 0.5) is 0 Å². The molecule has 8 heteroatoms. The number of hydrogen-bond donors (Lipinski definition) is 5.